The van der Waals surface area contributed by atoms with Gasteiger partial charge in [-0.2, -0.15) is 0 Å². The SMILES string of the molecule is c1ccc(N(c2ccc(-c3ccc4ccccc4c3)cc2)c2cccc(-c3cccc(-n4c5ccccc5c5cc6c(cc54)sc4ccccc46)c3)c2)cc1. The van der Waals surface area contributed by atoms with Crippen LogP contribution in [0, 0.1) is 0 Å². The van der Waals surface area contributed by atoms with E-state index in [0.717, 1.165) is 22.7 Å². The van der Waals surface area contributed by atoms with E-state index in [-0.39, 0.29) is 0 Å². The summed E-state index contributed by atoms with van der Waals surface area (Å²) in [6.45, 7) is 0. The first-order chi connectivity index (χ1) is 27.2. The molecule has 3 heteroatoms. The number of aromatic nitrogens is 1. The lowest BCUT2D eigenvalue weighted by atomic mass is 10.0. The third-order valence-corrected chi connectivity index (χ3v) is 12.1. The highest BCUT2D eigenvalue weighted by atomic mass is 32.1. The maximum atomic E-state index is 2.44. The number of benzene rings is 9. The van der Waals surface area contributed by atoms with Crippen molar-refractivity contribution >= 4 is 81.1 Å². The lowest BCUT2D eigenvalue weighted by Crippen LogP contribution is -2.09. The molecule has 55 heavy (non-hydrogen) atoms. The van der Waals surface area contributed by atoms with E-state index < -0.39 is 0 Å². The average Bonchev–Trinajstić information content (AvgIpc) is 3.78. The topological polar surface area (TPSA) is 8.17 Å². The normalized spacial score (nSPS) is 11.6. The van der Waals surface area contributed by atoms with Gasteiger partial charge in [-0.1, -0.05) is 127 Å². The smallest absolute Gasteiger partial charge is 0.0555 e. The largest absolute Gasteiger partial charge is 0.310 e. The van der Waals surface area contributed by atoms with Gasteiger partial charge in [-0.05, 0) is 112 Å². The molecular formula is C52H34N2S. The van der Waals surface area contributed by atoms with Crippen molar-refractivity contribution in [3.63, 3.8) is 0 Å². The van der Waals surface area contributed by atoms with E-state index >= 15 is 0 Å². The van der Waals surface area contributed by atoms with Gasteiger partial charge in [0.15, 0.2) is 0 Å². The molecule has 0 N–H and O–H groups in total. The standard InChI is InChI=1S/C52H34N2S/c1-2-16-41(17-3-1)53(42-28-26-36(27-29-42)40-25-24-35-12-4-5-13-37(35)30-40)43-18-10-14-38(31-43)39-15-11-19-44(32-39)54-49-22-8-6-20-45(49)47-33-48-46-21-7-9-23-51(46)55-52(48)34-50(47)54/h1-34H. The highest BCUT2D eigenvalue weighted by Crippen LogP contribution is 2.42. The second-order valence-electron chi connectivity index (χ2n) is 14.2. The van der Waals surface area contributed by atoms with Crippen LogP contribution in [0.15, 0.2) is 206 Å². The van der Waals surface area contributed by atoms with Crippen LogP contribution in [0.4, 0.5) is 17.1 Å². The first kappa shape index (κ1) is 31.6. The number of rotatable bonds is 6. The lowest BCUT2D eigenvalue weighted by Gasteiger charge is -2.26. The summed E-state index contributed by atoms with van der Waals surface area (Å²) in [5, 5.41) is 7.72. The molecule has 0 spiro atoms. The van der Waals surface area contributed by atoms with E-state index in [0.29, 0.717) is 0 Å². The molecule has 9 aromatic carbocycles. The van der Waals surface area contributed by atoms with E-state index in [9.17, 15) is 0 Å². The Morgan fingerprint density at radius 3 is 1.85 bits per heavy atom. The summed E-state index contributed by atoms with van der Waals surface area (Å²) in [5.74, 6) is 0. The van der Waals surface area contributed by atoms with Crippen molar-refractivity contribution in [1.29, 1.82) is 0 Å². The highest BCUT2D eigenvalue weighted by Gasteiger charge is 2.17. The van der Waals surface area contributed by atoms with E-state index in [2.05, 4.69) is 216 Å². The average molecular weight is 719 g/mol. The minimum Gasteiger partial charge on any atom is -0.310 e. The molecule has 0 aliphatic rings. The summed E-state index contributed by atoms with van der Waals surface area (Å²) in [4.78, 5) is 2.35. The van der Waals surface area contributed by atoms with Crippen molar-refractivity contribution in [3.05, 3.63) is 206 Å². The Morgan fingerprint density at radius 2 is 0.982 bits per heavy atom. The summed E-state index contributed by atoms with van der Waals surface area (Å²) in [5.41, 5.74) is 11.7. The molecule has 0 bridgehead atoms. The number of para-hydroxylation sites is 2. The molecule has 11 rings (SSSR count). The Kier molecular flexibility index (Phi) is 7.39. The number of thiophene rings is 1. The summed E-state index contributed by atoms with van der Waals surface area (Å²) in [6.07, 6.45) is 0. The second-order valence-corrected chi connectivity index (χ2v) is 15.3. The molecular weight excluding hydrogens is 685 g/mol. The van der Waals surface area contributed by atoms with Crippen LogP contribution >= 0.6 is 11.3 Å². The number of fused-ring (bicyclic) bond motifs is 7. The Hall–Kier alpha value is -6.94. The third kappa shape index (κ3) is 5.40. The maximum absolute atomic E-state index is 2.44. The fourth-order valence-electron chi connectivity index (χ4n) is 8.31. The van der Waals surface area contributed by atoms with Crippen molar-refractivity contribution in [2.75, 3.05) is 4.90 Å². The van der Waals surface area contributed by atoms with E-state index in [1.807, 2.05) is 11.3 Å². The molecule has 2 aromatic heterocycles. The van der Waals surface area contributed by atoms with Crippen LogP contribution in [0.25, 0.3) is 80.7 Å². The fourth-order valence-corrected chi connectivity index (χ4v) is 9.43. The van der Waals surface area contributed by atoms with Crippen LogP contribution in [0.5, 0.6) is 0 Å². The molecule has 0 saturated carbocycles. The van der Waals surface area contributed by atoms with E-state index in [1.54, 1.807) is 0 Å². The zero-order valence-electron chi connectivity index (χ0n) is 29.9. The summed E-state index contributed by atoms with van der Waals surface area (Å²) >= 11 is 1.87. The summed E-state index contributed by atoms with van der Waals surface area (Å²) in [6, 6.07) is 75.1. The van der Waals surface area contributed by atoms with Crippen molar-refractivity contribution in [3.8, 4) is 27.9 Å². The predicted molar refractivity (Wildman–Crippen MR) is 237 cm³/mol. The fraction of sp³-hybridized carbons (Fsp3) is 0. The van der Waals surface area contributed by atoms with Crippen LogP contribution in [-0.2, 0) is 0 Å². The first-order valence-corrected chi connectivity index (χ1v) is 19.6. The molecule has 0 aliphatic carbocycles. The molecule has 258 valence electrons. The molecule has 0 saturated heterocycles. The van der Waals surface area contributed by atoms with Crippen LogP contribution in [0.1, 0.15) is 0 Å². The quantitative estimate of drug-likeness (QED) is 0.166. The zero-order chi connectivity index (χ0) is 36.3. The van der Waals surface area contributed by atoms with Gasteiger partial charge in [0.1, 0.15) is 0 Å². The molecule has 0 atom stereocenters. The van der Waals surface area contributed by atoms with Crippen molar-refractivity contribution < 1.29 is 0 Å². The molecule has 0 amide bonds. The molecule has 0 fully saturated rings. The molecule has 0 aliphatic heterocycles. The molecule has 11 aromatic rings. The van der Waals surface area contributed by atoms with Crippen molar-refractivity contribution in [2.24, 2.45) is 0 Å². The Balaban J connectivity index is 1.00. The first-order valence-electron chi connectivity index (χ1n) is 18.7. The van der Waals surface area contributed by atoms with Gasteiger partial charge in [0.05, 0.1) is 11.0 Å². The third-order valence-electron chi connectivity index (χ3n) is 10.9. The molecule has 2 heterocycles. The lowest BCUT2D eigenvalue weighted by molar-refractivity contribution is 1.18. The monoisotopic (exact) mass is 718 g/mol. The van der Waals surface area contributed by atoms with Gasteiger partial charge in [0, 0.05) is 53.7 Å². The summed E-state index contributed by atoms with van der Waals surface area (Å²) in [7, 11) is 0. The van der Waals surface area contributed by atoms with Crippen LogP contribution in [0.2, 0.25) is 0 Å². The minimum atomic E-state index is 1.11. The van der Waals surface area contributed by atoms with Crippen molar-refractivity contribution in [1.82, 2.24) is 4.57 Å². The Labute approximate surface area is 323 Å². The molecule has 0 unspecified atom stereocenters. The van der Waals surface area contributed by atoms with Crippen molar-refractivity contribution in [2.45, 2.75) is 0 Å². The van der Waals surface area contributed by atoms with E-state index in [4.69, 9.17) is 0 Å². The van der Waals surface area contributed by atoms with Gasteiger partial charge in [-0.25, -0.2) is 0 Å². The number of nitrogens with zero attached hydrogens (tertiary/aromatic N) is 2. The maximum Gasteiger partial charge on any atom is 0.0555 e. The van der Waals surface area contributed by atoms with Gasteiger partial charge in [0.25, 0.3) is 0 Å². The van der Waals surface area contributed by atoms with Crippen LogP contribution in [0.3, 0.4) is 0 Å². The van der Waals surface area contributed by atoms with Gasteiger partial charge >= 0.3 is 0 Å². The molecule has 2 nitrogen and oxygen atoms in total. The predicted octanol–water partition coefficient (Wildman–Crippen LogP) is 15.1. The Morgan fingerprint density at radius 1 is 0.327 bits per heavy atom. The Bertz CT molecular complexity index is 3210. The highest BCUT2D eigenvalue weighted by molar-refractivity contribution is 7.25. The van der Waals surface area contributed by atoms with Crippen LogP contribution < -0.4 is 4.90 Å². The van der Waals surface area contributed by atoms with Gasteiger partial charge in [-0.15, -0.1) is 11.3 Å². The number of hydrogen-bond acceptors (Lipinski definition) is 2. The zero-order valence-corrected chi connectivity index (χ0v) is 30.7. The summed E-state index contributed by atoms with van der Waals surface area (Å²) < 4.78 is 5.08. The second kappa shape index (κ2) is 12.9. The van der Waals surface area contributed by atoms with E-state index in [1.165, 1.54) is 75.0 Å². The van der Waals surface area contributed by atoms with Crippen LogP contribution in [-0.4, -0.2) is 4.57 Å². The number of hydrogen-bond donors (Lipinski definition) is 0. The van der Waals surface area contributed by atoms with Gasteiger partial charge in [0.2, 0.25) is 0 Å². The number of anilines is 3. The minimum absolute atomic E-state index is 1.11. The van der Waals surface area contributed by atoms with Gasteiger partial charge < -0.3 is 9.47 Å². The van der Waals surface area contributed by atoms with Gasteiger partial charge in [-0.3, -0.25) is 0 Å². The molecule has 0 radical (unpaired) electrons.